The third kappa shape index (κ3) is 3.66. The summed E-state index contributed by atoms with van der Waals surface area (Å²) in [6.07, 6.45) is 0.365. The minimum Gasteiger partial charge on any atom is -0.299 e. The van der Waals surface area contributed by atoms with Crippen LogP contribution >= 0.6 is 0 Å². The number of sulfone groups is 1. The first-order valence-corrected chi connectivity index (χ1v) is 7.36. The Labute approximate surface area is 103 Å². The SMILES string of the molecule is CCS(=O)(=O)c1ccc(CC(=O)C(C)C)cc1. The minimum absolute atomic E-state index is 0.00838. The van der Waals surface area contributed by atoms with Crippen LogP contribution in [0.4, 0.5) is 0 Å². The highest BCUT2D eigenvalue weighted by Crippen LogP contribution is 2.13. The molecule has 0 N–H and O–H groups in total. The zero-order valence-electron chi connectivity index (χ0n) is 10.4. The van der Waals surface area contributed by atoms with Crippen molar-refractivity contribution in [3.05, 3.63) is 29.8 Å². The van der Waals surface area contributed by atoms with Crippen LogP contribution in [0.2, 0.25) is 0 Å². The third-order valence-corrected chi connectivity index (χ3v) is 4.44. The average Bonchev–Trinajstić information content (AvgIpc) is 2.29. The van der Waals surface area contributed by atoms with Gasteiger partial charge in [-0.3, -0.25) is 4.79 Å². The molecular weight excluding hydrogens is 236 g/mol. The van der Waals surface area contributed by atoms with Crippen LogP contribution in [0, 0.1) is 5.92 Å². The van der Waals surface area contributed by atoms with Crippen molar-refractivity contribution >= 4 is 15.6 Å². The molecule has 0 fully saturated rings. The van der Waals surface area contributed by atoms with Gasteiger partial charge in [-0.25, -0.2) is 8.42 Å². The van der Waals surface area contributed by atoms with E-state index in [4.69, 9.17) is 0 Å². The van der Waals surface area contributed by atoms with Crippen LogP contribution in [0.3, 0.4) is 0 Å². The summed E-state index contributed by atoms with van der Waals surface area (Å²) in [5, 5.41) is 0. The second-order valence-corrected chi connectivity index (χ2v) is 6.62. The second-order valence-electron chi connectivity index (χ2n) is 4.35. The summed E-state index contributed by atoms with van der Waals surface area (Å²) in [6, 6.07) is 6.56. The van der Waals surface area contributed by atoms with E-state index >= 15 is 0 Å². The van der Waals surface area contributed by atoms with E-state index in [2.05, 4.69) is 0 Å². The highest BCUT2D eigenvalue weighted by atomic mass is 32.2. The van der Waals surface area contributed by atoms with E-state index in [1.807, 2.05) is 13.8 Å². The topological polar surface area (TPSA) is 51.2 Å². The number of hydrogen-bond acceptors (Lipinski definition) is 3. The van der Waals surface area contributed by atoms with E-state index in [0.29, 0.717) is 11.3 Å². The van der Waals surface area contributed by atoms with Crippen molar-refractivity contribution in [2.45, 2.75) is 32.1 Å². The number of Topliss-reactive ketones (excluding diaryl/α,β-unsaturated/α-hetero) is 1. The Morgan fingerprint density at radius 1 is 1.18 bits per heavy atom. The molecule has 0 radical (unpaired) electrons. The van der Waals surface area contributed by atoms with Crippen molar-refractivity contribution in [2.24, 2.45) is 5.92 Å². The van der Waals surface area contributed by atoms with Crippen molar-refractivity contribution < 1.29 is 13.2 Å². The highest BCUT2D eigenvalue weighted by molar-refractivity contribution is 7.91. The van der Waals surface area contributed by atoms with Gasteiger partial charge >= 0.3 is 0 Å². The average molecular weight is 254 g/mol. The molecule has 0 saturated carbocycles. The maximum absolute atomic E-state index is 11.6. The fraction of sp³-hybridized carbons (Fsp3) is 0.462. The van der Waals surface area contributed by atoms with Gasteiger partial charge in [0.1, 0.15) is 5.78 Å². The zero-order valence-corrected chi connectivity index (χ0v) is 11.3. The first kappa shape index (κ1) is 13.9. The smallest absolute Gasteiger partial charge is 0.178 e. The Hall–Kier alpha value is -1.16. The van der Waals surface area contributed by atoms with Crippen molar-refractivity contribution in [3.8, 4) is 0 Å². The fourth-order valence-electron chi connectivity index (χ4n) is 1.39. The second kappa shape index (κ2) is 5.45. The molecule has 0 aromatic heterocycles. The minimum atomic E-state index is -3.14. The van der Waals surface area contributed by atoms with Crippen LogP contribution in [-0.2, 0) is 21.1 Å². The number of ketones is 1. The Morgan fingerprint density at radius 3 is 2.12 bits per heavy atom. The van der Waals surface area contributed by atoms with Gasteiger partial charge in [0, 0.05) is 12.3 Å². The van der Waals surface area contributed by atoms with Crippen molar-refractivity contribution in [2.75, 3.05) is 5.75 Å². The molecule has 1 rings (SSSR count). The molecule has 17 heavy (non-hydrogen) atoms. The number of carbonyl (C=O) groups is 1. The van der Waals surface area contributed by atoms with E-state index < -0.39 is 9.84 Å². The maximum Gasteiger partial charge on any atom is 0.178 e. The van der Waals surface area contributed by atoms with Crippen molar-refractivity contribution in [1.29, 1.82) is 0 Å². The number of carbonyl (C=O) groups excluding carboxylic acids is 1. The van der Waals surface area contributed by atoms with Crippen LogP contribution in [0.15, 0.2) is 29.2 Å². The van der Waals surface area contributed by atoms with Crippen LogP contribution in [-0.4, -0.2) is 20.0 Å². The number of benzene rings is 1. The van der Waals surface area contributed by atoms with Gasteiger partial charge in [0.05, 0.1) is 10.6 Å². The Balaban J connectivity index is 2.86. The lowest BCUT2D eigenvalue weighted by Gasteiger charge is -2.05. The molecule has 0 aliphatic rings. The van der Waals surface area contributed by atoms with Gasteiger partial charge in [-0.15, -0.1) is 0 Å². The Morgan fingerprint density at radius 2 is 1.71 bits per heavy atom. The molecule has 94 valence electrons. The molecule has 0 unspecified atom stereocenters. The summed E-state index contributed by atoms with van der Waals surface area (Å²) < 4.78 is 23.2. The van der Waals surface area contributed by atoms with Gasteiger partial charge in [-0.1, -0.05) is 32.9 Å². The molecule has 0 bridgehead atoms. The number of rotatable bonds is 5. The normalized spacial score (nSPS) is 11.8. The first-order chi connectivity index (χ1) is 7.86. The zero-order chi connectivity index (χ0) is 13.1. The Bertz CT molecular complexity index is 484. The molecule has 4 heteroatoms. The fourth-order valence-corrected chi connectivity index (χ4v) is 2.27. The lowest BCUT2D eigenvalue weighted by atomic mass is 10.0. The summed E-state index contributed by atoms with van der Waals surface area (Å²) >= 11 is 0. The summed E-state index contributed by atoms with van der Waals surface area (Å²) in [4.78, 5) is 11.9. The first-order valence-electron chi connectivity index (χ1n) is 5.71. The molecular formula is C13H18O3S. The van der Waals surface area contributed by atoms with E-state index in [9.17, 15) is 13.2 Å². The predicted octanol–water partition coefficient (Wildman–Crippen LogP) is 2.25. The van der Waals surface area contributed by atoms with Crippen LogP contribution in [0.25, 0.3) is 0 Å². The molecule has 0 atom stereocenters. The molecule has 0 heterocycles. The van der Waals surface area contributed by atoms with Crippen molar-refractivity contribution in [1.82, 2.24) is 0 Å². The van der Waals surface area contributed by atoms with E-state index in [1.54, 1.807) is 31.2 Å². The lowest BCUT2D eigenvalue weighted by molar-refractivity contribution is -0.121. The molecule has 0 aliphatic carbocycles. The van der Waals surface area contributed by atoms with Crippen molar-refractivity contribution in [3.63, 3.8) is 0 Å². The molecule has 1 aromatic rings. The van der Waals surface area contributed by atoms with E-state index in [-0.39, 0.29) is 17.5 Å². The van der Waals surface area contributed by atoms with Crippen LogP contribution in [0.5, 0.6) is 0 Å². The molecule has 0 spiro atoms. The summed E-state index contributed by atoms with van der Waals surface area (Å²) in [5.74, 6) is 0.266. The molecule has 0 saturated heterocycles. The predicted molar refractivity (Wildman–Crippen MR) is 67.7 cm³/mol. The molecule has 3 nitrogen and oxygen atoms in total. The lowest BCUT2D eigenvalue weighted by Crippen LogP contribution is -2.10. The monoisotopic (exact) mass is 254 g/mol. The summed E-state index contributed by atoms with van der Waals surface area (Å²) in [6.45, 7) is 5.34. The van der Waals surface area contributed by atoms with Crippen LogP contribution < -0.4 is 0 Å². The molecule has 0 amide bonds. The number of hydrogen-bond donors (Lipinski definition) is 0. The summed E-state index contributed by atoms with van der Waals surface area (Å²) in [7, 11) is -3.14. The molecule has 0 aliphatic heterocycles. The van der Waals surface area contributed by atoms with Gasteiger partial charge in [0.2, 0.25) is 0 Å². The van der Waals surface area contributed by atoms with E-state index in [1.165, 1.54) is 0 Å². The van der Waals surface area contributed by atoms with Gasteiger partial charge in [0.15, 0.2) is 9.84 Å². The standard InChI is InChI=1S/C13H18O3S/c1-4-17(15,16)12-7-5-11(6-8-12)9-13(14)10(2)3/h5-8,10H,4,9H2,1-3H3. The van der Waals surface area contributed by atoms with Gasteiger partial charge in [-0.05, 0) is 17.7 Å². The quantitative estimate of drug-likeness (QED) is 0.809. The van der Waals surface area contributed by atoms with Crippen LogP contribution in [0.1, 0.15) is 26.3 Å². The summed E-state index contributed by atoms with van der Waals surface area (Å²) in [5.41, 5.74) is 0.860. The Kier molecular flexibility index (Phi) is 4.46. The third-order valence-electron chi connectivity index (χ3n) is 2.68. The van der Waals surface area contributed by atoms with E-state index in [0.717, 1.165) is 5.56 Å². The molecule has 1 aromatic carbocycles. The highest BCUT2D eigenvalue weighted by Gasteiger charge is 2.12. The van der Waals surface area contributed by atoms with Gasteiger partial charge < -0.3 is 0 Å². The van der Waals surface area contributed by atoms with Gasteiger partial charge in [0.25, 0.3) is 0 Å². The largest absolute Gasteiger partial charge is 0.299 e. The maximum atomic E-state index is 11.6. The van der Waals surface area contributed by atoms with Gasteiger partial charge in [-0.2, -0.15) is 0 Å².